The zero-order chi connectivity index (χ0) is 26.9. The highest BCUT2D eigenvalue weighted by atomic mass is 16.6. The number of nitrogens with zero attached hydrogens (tertiary/aromatic N) is 4. The second kappa shape index (κ2) is 9.91. The van der Waals surface area contributed by atoms with Gasteiger partial charge in [-0.25, -0.2) is 24.5 Å². The van der Waals surface area contributed by atoms with E-state index in [0.29, 0.717) is 30.8 Å². The number of imidazole rings is 1. The molecule has 36 heavy (non-hydrogen) atoms. The Labute approximate surface area is 211 Å². The number of ether oxygens (including phenoxy) is 2. The lowest BCUT2D eigenvalue weighted by Crippen LogP contribution is -2.44. The number of amides is 2. The van der Waals surface area contributed by atoms with Crippen molar-refractivity contribution < 1.29 is 29.0 Å². The number of carboxylic acids is 1. The number of carbonyl (C=O) groups is 3. The SMILES string of the molecule is Cc1cccc(-n2cnc(C3(C(=O)O)CC3CCCN(C(=O)OC(C)(C)C)C(=O)OC(C)(C)C)c2)n1. The third-order valence-corrected chi connectivity index (χ3v) is 5.83. The summed E-state index contributed by atoms with van der Waals surface area (Å²) in [6, 6.07) is 5.60. The summed E-state index contributed by atoms with van der Waals surface area (Å²) in [5, 5.41) is 10.1. The lowest BCUT2D eigenvalue weighted by atomic mass is 9.97. The molecular weight excluding hydrogens is 464 g/mol. The summed E-state index contributed by atoms with van der Waals surface area (Å²) in [5.41, 5.74) is -1.34. The normalized spacial score (nSPS) is 19.5. The number of hydrogen-bond donors (Lipinski definition) is 1. The average molecular weight is 501 g/mol. The lowest BCUT2D eigenvalue weighted by Gasteiger charge is -2.28. The van der Waals surface area contributed by atoms with E-state index in [0.717, 1.165) is 10.6 Å². The molecule has 0 spiro atoms. The Kier molecular flexibility index (Phi) is 7.48. The van der Waals surface area contributed by atoms with Crippen molar-refractivity contribution in [3.05, 3.63) is 42.1 Å². The zero-order valence-corrected chi connectivity index (χ0v) is 22.1. The number of rotatable bonds is 7. The van der Waals surface area contributed by atoms with Crippen molar-refractivity contribution in [1.82, 2.24) is 19.4 Å². The summed E-state index contributed by atoms with van der Waals surface area (Å²) in [6.07, 6.45) is 3.03. The van der Waals surface area contributed by atoms with Gasteiger partial charge in [-0.15, -0.1) is 0 Å². The van der Waals surface area contributed by atoms with Crippen molar-refractivity contribution in [2.24, 2.45) is 5.92 Å². The molecule has 2 heterocycles. The largest absolute Gasteiger partial charge is 0.481 e. The number of pyridine rings is 1. The van der Waals surface area contributed by atoms with Crippen molar-refractivity contribution in [2.45, 2.75) is 84.3 Å². The van der Waals surface area contributed by atoms with E-state index in [4.69, 9.17) is 9.47 Å². The minimum atomic E-state index is -1.10. The predicted octanol–water partition coefficient (Wildman–Crippen LogP) is 4.87. The fraction of sp³-hybridized carbons (Fsp3) is 0.577. The van der Waals surface area contributed by atoms with Gasteiger partial charge < -0.3 is 14.6 Å². The number of carbonyl (C=O) groups excluding carboxylic acids is 2. The van der Waals surface area contributed by atoms with Crippen LogP contribution in [0.25, 0.3) is 5.82 Å². The average Bonchev–Trinajstić information content (AvgIpc) is 3.24. The molecule has 1 aliphatic carbocycles. The van der Waals surface area contributed by atoms with Gasteiger partial charge >= 0.3 is 18.2 Å². The van der Waals surface area contributed by atoms with Crippen LogP contribution in [0.1, 0.15) is 72.2 Å². The molecule has 2 aromatic heterocycles. The third-order valence-electron chi connectivity index (χ3n) is 5.83. The molecule has 196 valence electrons. The molecule has 1 saturated carbocycles. The summed E-state index contributed by atoms with van der Waals surface area (Å²) in [6.45, 7) is 12.2. The van der Waals surface area contributed by atoms with E-state index in [9.17, 15) is 19.5 Å². The molecule has 0 saturated heterocycles. The minimum absolute atomic E-state index is 0.0533. The van der Waals surface area contributed by atoms with Gasteiger partial charge in [-0.1, -0.05) is 6.07 Å². The van der Waals surface area contributed by atoms with E-state index in [2.05, 4.69) is 9.97 Å². The van der Waals surface area contributed by atoms with Crippen LogP contribution in [0.4, 0.5) is 9.59 Å². The number of hydrogen-bond acceptors (Lipinski definition) is 7. The van der Waals surface area contributed by atoms with Crippen LogP contribution >= 0.6 is 0 Å². The molecule has 1 fully saturated rings. The Bertz CT molecular complexity index is 1100. The molecule has 1 aliphatic rings. The van der Waals surface area contributed by atoms with E-state index in [1.54, 1.807) is 58.6 Å². The molecule has 2 atom stereocenters. The predicted molar refractivity (Wildman–Crippen MR) is 132 cm³/mol. The second-order valence-electron chi connectivity index (χ2n) is 11.2. The van der Waals surface area contributed by atoms with Gasteiger partial charge in [0.25, 0.3) is 0 Å². The van der Waals surface area contributed by atoms with Crippen molar-refractivity contribution in [2.75, 3.05) is 6.54 Å². The van der Waals surface area contributed by atoms with Crippen LogP contribution in [0.15, 0.2) is 30.7 Å². The van der Waals surface area contributed by atoms with Gasteiger partial charge in [0.05, 0.1) is 5.69 Å². The van der Waals surface area contributed by atoms with Gasteiger partial charge in [0.2, 0.25) is 0 Å². The number of aliphatic carboxylic acids is 1. The molecule has 2 aromatic rings. The molecule has 1 N–H and O–H groups in total. The zero-order valence-electron chi connectivity index (χ0n) is 22.1. The van der Waals surface area contributed by atoms with E-state index in [1.165, 1.54) is 0 Å². The lowest BCUT2D eigenvalue weighted by molar-refractivity contribution is -0.140. The van der Waals surface area contributed by atoms with Gasteiger partial charge in [0.15, 0.2) is 0 Å². The highest BCUT2D eigenvalue weighted by Crippen LogP contribution is 2.56. The smallest absolute Gasteiger partial charge is 0.419 e. The first-order valence-electron chi connectivity index (χ1n) is 12.1. The standard InChI is InChI=1S/C26H36N4O6/c1-17-10-8-12-20(28-17)29-15-19(27-16-29)26(21(31)32)14-18(26)11-9-13-30(22(33)35-24(2,3)4)23(34)36-25(5,6)7/h8,10,12,15-16,18H,9,11,13-14H2,1-7H3,(H,31,32). The van der Waals surface area contributed by atoms with Crippen LogP contribution in [0, 0.1) is 12.8 Å². The van der Waals surface area contributed by atoms with Crippen LogP contribution in [-0.4, -0.2) is 60.4 Å². The molecule has 10 heteroatoms. The van der Waals surface area contributed by atoms with Crippen LogP contribution < -0.4 is 0 Å². The molecule has 3 rings (SSSR count). The van der Waals surface area contributed by atoms with Crippen molar-refractivity contribution in [3.8, 4) is 5.82 Å². The maximum Gasteiger partial charge on any atom is 0.419 e. The fourth-order valence-electron chi connectivity index (χ4n) is 4.10. The minimum Gasteiger partial charge on any atom is -0.481 e. The van der Waals surface area contributed by atoms with E-state index >= 15 is 0 Å². The van der Waals surface area contributed by atoms with Crippen LogP contribution in [0.3, 0.4) is 0 Å². The monoisotopic (exact) mass is 500 g/mol. The topological polar surface area (TPSA) is 124 Å². The van der Waals surface area contributed by atoms with Crippen molar-refractivity contribution >= 4 is 18.2 Å². The molecule has 0 aromatic carbocycles. The summed E-state index contributed by atoms with van der Waals surface area (Å²) >= 11 is 0. The van der Waals surface area contributed by atoms with E-state index < -0.39 is 34.8 Å². The Hall–Kier alpha value is -3.43. The molecule has 10 nitrogen and oxygen atoms in total. The summed E-state index contributed by atoms with van der Waals surface area (Å²) in [7, 11) is 0. The second-order valence-corrected chi connectivity index (χ2v) is 11.2. The molecule has 0 bridgehead atoms. The Balaban J connectivity index is 1.69. The molecular formula is C26H36N4O6. The summed E-state index contributed by atoms with van der Waals surface area (Å²) < 4.78 is 12.5. The molecule has 2 unspecified atom stereocenters. The van der Waals surface area contributed by atoms with Crippen LogP contribution in [0.2, 0.25) is 0 Å². The quantitative estimate of drug-likeness (QED) is 0.571. The Morgan fingerprint density at radius 3 is 2.25 bits per heavy atom. The maximum atomic E-state index is 12.7. The van der Waals surface area contributed by atoms with E-state index in [-0.39, 0.29) is 12.5 Å². The van der Waals surface area contributed by atoms with Crippen molar-refractivity contribution in [3.63, 3.8) is 0 Å². The first kappa shape index (κ1) is 27.2. The maximum absolute atomic E-state index is 12.7. The van der Waals surface area contributed by atoms with Crippen LogP contribution in [0.5, 0.6) is 0 Å². The number of aromatic nitrogens is 3. The number of aryl methyl sites for hydroxylation is 1. The fourth-order valence-corrected chi connectivity index (χ4v) is 4.10. The van der Waals surface area contributed by atoms with Gasteiger partial charge in [0, 0.05) is 18.4 Å². The van der Waals surface area contributed by atoms with Crippen molar-refractivity contribution in [1.29, 1.82) is 0 Å². The van der Waals surface area contributed by atoms with Gasteiger partial charge in [-0.2, -0.15) is 0 Å². The summed E-state index contributed by atoms with van der Waals surface area (Å²) in [4.78, 5) is 47.5. The van der Waals surface area contributed by atoms with Gasteiger partial charge in [-0.3, -0.25) is 9.36 Å². The number of carboxylic acid groups (broad SMARTS) is 1. The molecule has 0 aliphatic heterocycles. The Morgan fingerprint density at radius 1 is 1.11 bits per heavy atom. The highest BCUT2D eigenvalue weighted by molar-refractivity contribution is 5.88. The highest BCUT2D eigenvalue weighted by Gasteiger charge is 2.62. The molecule has 0 radical (unpaired) electrons. The third kappa shape index (κ3) is 6.41. The van der Waals surface area contributed by atoms with Gasteiger partial charge in [-0.05, 0) is 85.8 Å². The van der Waals surface area contributed by atoms with Gasteiger partial charge in [0.1, 0.15) is 28.8 Å². The first-order chi connectivity index (χ1) is 16.6. The van der Waals surface area contributed by atoms with Crippen LogP contribution in [-0.2, 0) is 19.7 Å². The number of imide groups is 1. The van der Waals surface area contributed by atoms with E-state index in [1.807, 2.05) is 25.1 Å². The summed E-state index contributed by atoms with van der Waals surface area (Å²) in [5.74, 6) is -0.453. The Morgan fingerprint density at radius 2 is 1.72 bits per heavy atom. The first-order valence-corrected chi connectivity index (χ1v) is 12.1. The molecule has 2 amide bonds.